The van der Waals surface area contributed by atoms with Gasteiger partial charge in [-0.2, -0.15) is 0 Å². The third kappa shape index (κ3) is 2.46. The van der Waals surface area contributed by atoms with Crippen molar-refractivity contribution < 1.29 is 4.79 Å². The predicted molar refractivity (Wildman–Crippen MR) is 86.6 cm³/mol. The standard InChI is InChI=1S/C16H20N4O3/c1-10-6-4-5-7-20(10)14(21)11-8-12-13(17-9-11)18(2)16(23)19(3)15(12)22/h8-10H,4-7H2,1-3H3. The number of hydrogen-bond donors (Lipinski definition) is 0. The Hall–Kier alpha value is -2.44. The van der Waals surface area contributed by atoms with Gasteiger partial charge in [-0.3, -0.25) is 18.7 Å². The number of nitrogens with zero attached hydrogens (tertiary/aromatic N) is 4. The molecule has 1 aliphatic heterocycles. The maximum Gasteiger partial charge on any atom is 0.332 e. The van der Waals surface area contributed by atoms with Crippen LogP contribution in [0.5, 0.6) is 0 Å². The molecule has 3 rings (SSSR count). The van der Waals surface area contributed by atoms with Gasteiger partial charge in [0.2, 0.25) is 0 Å². The van der Waals surface area contributed by atoms with Crippen molar-refractivity contribution in [3.63, 3.8) is 0 Å². The molecule has 0 bridgehead atoms. The summed E-state index contributed by atoms with van der Waals surface area (Å²) in [5.41, 5.74) is -0.181. The smallest absolute Gasteiger partial charge is 0.332 e. The van der Waals surface area contributed by atoms with E-state index in [0.717, 1.165) is 30.4 Å². The van der Waals surface area contributed by atoms with Crippen molar-refractivity contribution in [1.29, 1.82) is 0 Å². The Bertz CT molecular complexity index is 897. The Morgan fingerprint density at radius 3 is 2.65 bits per heavy atom. The molecule has 0 N–H and O–H groups in total. The molecule has 1 atom stereocenters. The first kappa shape index (κ1) is 15.5. The average molecular weight is 316 g/mol. The summed E-state index contributed by atoms with van der Waals surface area (Å²) < 4.78 is 2.34. The van der Waals surface area contributed by atoms with Crippen LogP contribution in [0.1, 0.15) is 36.5 Å². The first-order valence-corrected chi connectivity index (χ1v) is 7.78. The zero-order chi connectivity index (χ0) is 16.7. The van der Waals surface area contributed by atoms with Crippen molar-refractivity contribution in [2.45, 2.75) is 32.2 Å². The molecule has 1 fully saturated rings. The van der Waals surface area contributed by atoms with Crippen LogP contribution in [0.25, 0.3) is 11.0 Å². The number of carbonyl (C=O) groups is 1. The summed E-state index contributed by atoms with van der Waals surface area (Å²) in [5, 5.41) is 0.283. The number of hydrogen-bond acceptors (Lipinski definition) is 4. The lowest BCUT2D eigenvalue weighted by Crippen LogP contribution is -2.42. The highest BCUT2D eigenvalue weighted by molar-refractivity contribution is 5.97. The van der Waals surface area contributed by atoms with Gasteiger partial charge in [-0.05, 0) is 32.3 Å². The molecule has 1 amide bonds. The van der Waals surface area contributed by atoms with Gasteiger partial charge in [0.1, 0.15) is 5.65 Å². The number of pyridine rings is 1. The van der Waals surface area contributed by atoms with Crippen molar-refractivity contribution in [3.05, 3.63) is 38.7 Å². The van der Waals surface area contributed by atoms with Gasteiger partial charge in [0.25, 0.3) is 11.5 Å². The van der Waals surface area contributed by atoms with Gasteiger partial charge in [-0.1, -0.05) is 0 Å². The van der Waals surface area contributed by atoms with Crippen LogP contribution in [0, 0.1) is 0 Å². The highest BCUT2D eigenvalue weighted by Gasteiger charge is 2.25. The summed E-state index contributed by atoms with van der Waals surface area (Å²) >= 11 is 0. The zero-order valence-electron chi connectivity index (χ0n) is 13.6. The van der Waals surface area contributed by atoms with Gasteiger partial charge >= 0.3 is 5.69 Å². The topological polar surface area (TPSA) is 77.2 Å². The summed E-state index contributed by atoms with van der Waals surface area (Å²) in [6, 6.07) is 1.74. The van der Waals surface area contributed by atoms with E-state index in [0.29, 0.717) is 11.2 Å². The fraction of sp³-hybridized carbons (Fsp3) is 0.500. The monoisotopic (exact) mass is 316 g/mol. The molecule has 7 nitrogen and oxygen atoms in total. The molecule has 0 aromatic carbocycles. The van der Waals surface area contributed by atoms with Crippen molar-refractivity contribution >= 4 is 16.9 Å². The third-order valence-corrected chi connectivity index (χ3v) is 4.60. The molecule has 0 saturated carbocycles. The number of piperidine rings is 1. The highest BCUT2D eigenvalue weighted by atomic mass is 16.2. The van der Waals surface area contributed by atoms with Gasteiger partial charge in [-0.25, -0.2) is 9.78 Å². The van der Waals surface area contributed by atoms with E-state index in [2.05, 4.69) is 4.98 Å². The van der Waals surface area contributed by atoms with Crippen LogP contribution in [-0.4, -0.2) is 37.5 Å². The maximum atomic E-state index is 12.7. The molecule has 2 aromatic rings. The van der Waals surface area contributed by atoms with Crippen LogP contribution in [0.4, 0.5) is 0 Å². The summed E-state index contributed by atoms with van der Waals surface area (Å²) in [6.45, 7) is 2.76. The number of likely N-dealkylation sites (tertiary alicyclic amines) is 1. The van der Waals surface area contributed by atoms with E-state index in [1.807, 2.05) is 11.8 Å². The van der Waals surface area contributed by atoms with Gasteiger partial charge in [0.05, 0.1) is 10.9 Å². The Labute approximate surface area is 133 Å². The van der Waals surface area contributed by atoms with E-state index in [1.54, 1.807) is 13.1 Å². The molecule has 0 spiro atoms. The highest BCUT2D eigenvalue weighted by Crippen LogP contribution is 2.19. The maximum absolute atomic E-state index is 12.7. The predicted octanol–water partition coefficient (Wildman–Crippen LogP) is 0.647. The second-order valence-corrected chi connectivity index (χ2v) is 6.14. The van der Waals surface area contributed by atoms with E-state index in [-0.39, 0.29) is 17.3 Å². The van der Waals surface area contributed by atoms with E-state index in [1.165, 1.54) is 17.8 Å². The lowest BCUT2D eigenvalue weighted by molar-refractivity contribution is 0.0635. The normalized spacial score (nSPS) is 18.4. The van der Waals surface area contributed by atoms with Gasteiger partial charge < -0.3 is 4.90 Å². The first-order chi connectivity index (χ1) is 10.9. The van der Waals surface area contributed by atoms with Crippen LogP contribution < -0.4 is 11.2 Å². The first-order valence-electron chi connectivity index (χ1n) is 7.78. The summed E-state index contributed by atoms with van der Waals surface area (Å²) in [4.78, 5) is 43.0. The van der Waals surface area contributed by atoms with E-state index < -0.39 is 11.2 Å². The van der Waals surface area contributed by atoms with Crippen molar-refractivity contribution in [2.75, 3.05) is 6.54 Å². The molecule has 23 heavy (non-hydrogen) atoms. The Morgan fingerprint density at radius 2 is 1.96 bits per heavy atom. The molecule has 1 saturated heterocycles. The number of fused-ring (bicyclic) bond motifs is 1. The summed E-state index contributed by atoms with van der Waals surface area (Å²) in [7, 11) is 2.98. The van der Waals surface area contributed by atoms with Gasteiger partial charge in [0.15, 0.2) is 0 Å². The Morgan fingerprint density at radius 1 is 1.22 bits per heavy atom. The number of aryl methyl sites for hydroxylation is 1. The molecule has 3 heterocycles. The van der Waals surface area contributed by atoms with E-state index in [9.17, 15) is 14.4 Å². The Kier molecular flexibility index (Phi) is 3.79. The molecule has 0 radical (unpaired) electrons. The number of amides is 1. The largest absolute Gasteiger partial charge is 0.336 e. The molecule has 0 aliphatic carbocycles. The quantitative estimate of drug-likeness (QED) is 0.774. The lowest BCUT2D eigenvalue weighted by Gasteiger charge is -2.33. The SMILES string of the molecule is CC1CCCCN1C(=O)c1cnc2c(c1)c(=O)n(C)c(=O)n2C. The van der Waals surface area contributed by atoms with Gasteiger partial charge in [0, 0.05) is 32.9 Å². The van der Waals surface area contributed by atoms with E-state index >= 15 is 0 Å². The molecular weight excluding hydrogens is 296 g/mol. The minimum Gasteiger partial charge on any atom is -0.336 e. The van der Waals surface area contributed by atoms with Crippen LogP contribution in [0.15, 0.2) is 21.9 Å². The second-order valence-electron chi connectivity index (χ2n) is 6.14. The second kappa shape index (κ2) is 5.64. The Balaban J connectivity index is 2.12. The fourth-order valence-electron chi connectivity index (χ4n) is 3.15. The molecule has 2 aromatic heterocycles. The molecule has 1 unspecified atom stereocenters. The van der Waals surface area contributed by atoms with Crippen molar-refractivity contribution in [3.8, 4) is 0 Å². The summed E-state index contributed by atoms with van der Waals surface area (Å²) in [6.07, 6.45) is 4.56. The van der Waals surface area contributed by atoms with Crippen LogP contribution in [0.3, 0.4) is 0 Å². The molecule has 122 valence electrons. The fourth-order valence-corrected chi connectivity index (χ4v) is 3.15. The molecular formula is C16H20N4O3. The molecule has 1 aliphatic rings. The zero-order valence-corrected chi connectivity index (χ0v) is 13.6. The minimum absolute atomic E-state index is 0.109. The van der Waals surface area contributed by atoms with Crippen molar-refractivity contribution in [1.82, 2.24) is 19.0 Å². The van der Waals surface area contributed by atoms with Crippen LogP contribution >= 0.6 is 0 Å². The summed E-state index contributed by atoms with van der Waals surface area (Å²) in [5.74, 6) is -0.109. The van der Waals surface area contributed by atoms with Crippen LogP contribution in [-0.2, 0) is 14.1 Å². The average Bonchev–Trinajstić information content (AvgIpc) is 2.57. The number of carbonyl (C=O) groups excluding carboxylic acids is 1. The van der Waals surface area contributed by atoms with Crippen molar-refractivity contribution in [2.24, 2.45) is 14.1 Å². The van der Waals surface area contributed by atoms with Crippen LogP contribution in [0.2, 0.25) is 0 Å². The minimum atomic E-state index is -0.433. The molecule has 7 heteroatoms. The lowest BCUT2D eigenvalue weighted by atomic mass is 10.0. The third-order valence-electron chi connectivity index (χ3n) is 4.60. The van der Waals surface area contributed by atoms with Gasteiger partial charge in [-0.15, -0.1) is 0 Å². The number of rotatable bonds is 1. The number of aromatic nitrogens is 3. The van der Waals surface area contributed by atoms with E-state index in [4.69, 9.17) is 0 Å².